The SMILES string of the molecule is CC(CO)OC(CO)n1cnc2c(=O)[nH]c(NC(=O)C(C)C)nc21. The van der Waals surface area contributed by atoms with Crippen molar-refractivity contribution in [2.75, 3.05) is 18.5 Å². The Morgan fingerprint density at radius 3 is 2.67 bits per heavy atom. The summed E-state index contributed by atoms with van der Waals surface area (Å²) in [5.74, 6) is -0.595. The molecule has 0 saturated heterocycles. The standard InChI is InChI=1S/C14H21N5O5/c1-7(2)12(22)17-14-16-11-10(13(23)18-14)15-6-19(11)9(5-21)24-8(3)4-20/h6-9,20-21H,4-5H2,1-3H3,(H2,16,17,18,22,23). The second-order valence-electron chi connectivity index (χ2n) is 5.65. The number of H-pyrrole nitrogens is 1. The third kappa shape index (κ3) is 3.78. The maximum Gasteiger partial charge on any atom is 0.280 e. The first-order chi connectivity index (χ1) is 11.4. The number of aliphatic hydroxyl groups is 2. The normalized spacial score (nSPS) is 14.1. The molecule has 0 fully saturated rings. The number of fused-ring (bicyclic) bond motifs is 1. The Bertz CT molecular complexity index is 768. The number of aliphatic hydroxyl groups excluding tert-OH is 2. The molecule has 0 aromatic carbocycles. The van der Waals surface area contributed by atoms with Gasteiger partial charge in [-0.3, -0.25) is 24.5 Å². The molecule has 2 rings (SSSR count). The highest BCUT2D eigenvalue weighted by Gasteiger charge is 2.20. The third-order valence-corrected chi connectivity index (χ3v) is 3.31. The molecule has 0 aliphatic rings. The second-order valence-corrected chi connectivity index (χ2v) is 5.65. The number of hydrogen-bond acceptors (Lipinski definition) is 7. The van der Waals surface area contributed by atoms with E-state index in [1.54, 1.807) is 20.8 Å². The van der Waals surface area contributed by atoms with Crippen LogP contribution in [-0.4, -0.2) is 55.0 Å². The zero-order valence-corrected chi connectivity index (χ0v) is 13.7. The first-order valence-corrected chi connectivity index (χ1v) is 7.52. The Balaban J connectivity index is 2.43. The van der Waals surface area contributed by atoms with Crippen LogP contribution in [0.25, 0.3) is 11.2 Å². The molecule has 0 aliphatic heterocycles. The van der Waals surface area contributed by atoms with Crippen molar-refractivity contribution in [2.24, 2.45) is 5.92 Å². The van der Waals surface area contributed by atoms with Crippen molar-refractivity contribution in [1.29, 1.82) is 0 Å². The summed E-state index contributed by atoms with van der Waals surface area (Å²) in [5, 5.41) is 21.1. The molecule has 10 heteroatoms. The Labute approximate surface area is 137 Å². The topological polar surface area (TPSA) is 142 Å². The fourth-order valence-corrected chi connectivity index (χ4v) is 1.96. The largest absolute Gasteiger partial charge is 0.394 e. The highest BCUT2D eigenvalue weighted by atomic mass is 16.5. The number of anilines is 1. The predicted molar refractivity (Wildman–Crippen MR) is 85.4 cm³/mol. The molecule has 0 aliphatic carbocycles. The Morgan fingerprint density at radius 2 is 2.08 bits per heavy atom. The van der Waals surface area contributed by atoms with E-state index in [4.69, 9.17) is 9.84 Å². The van der Waals surface area contributed by atoms with Crippen LogP contribution in [-0.2, 0) is 9.53 Å². The van der Waals surface area contributed by atoms with Gasteiger partial charge in [0.25, 0.3) is 5.56 Å². The number of aromatic amines is 1. The number of nitrogens with zero attached hydrogens (tertiary/aromatic N) is 3. The van der Waals surface area contributed by atoms with Crippen molar-refractivity contribution < 1.29 is 19.7 Å². The average Bonchev–Trinajstić information content (AvgIpc) is 2.96. The van der Waals surface area contributed by atoms with Gasteiger partial charge in [-0.05, 0) is 6.92 Å². The summed E-state index contributed by atoms with van der Waals surface area (Å²) in [6.07, 6.45) is -0.0897. The Kier molecular flexibility index (Phi) is 5.65. The maximum absolute atomic E-state index is 12.1. The van der Waals surface area contributed by atoms with Gasteiger partial charge in [-0.15, -0.1) is 0 Å². The Hall–Kier alpha value is -2.30. The van der Waals surface area contributed by atoms with Crippen LogP contribution >= 0.6 is 0 Å². The first kappa shape index (κ1) is 18.0. The van der Waals surface area contributed by atoms with Crippen molar-refractivity contribution in [2.45, 2.75) is 33.1 Å². The summed E-state index contributed by atoms with van der Waals surface area (Å²) >= 11 is 0. The smallest absolute Gasteiger partial charge is 0.280 e. The van der Waals surface area contributed by atoms with E-state index in [1.165, 1.54) is 10.9 Å². The van der Waals surface area contributed by atoms with E-state index in [1.807, 2.05) is 0 Å². The van der Waals surface area contributed by atoms with Gasteiger partial charge >= 0.3 is 0 Å². The lowest BCUT2D eigenvalue weighted by Crippen LogP contribution is -2.25. The van der Waals surface area contributed by atoms with Gasteiger partial charge in [0.1, 0.15) is 0 Å². The highest BCUT2D eigenvalue weighted by Crippen LogP contribution is 2.17. The van der Waals surface area contributed by atoms with Crippen LogP contribution in [0.4, 0.5) is 5.95 Å². The summed E-state index contributed by atoms with van der Waals surface area (Å²) in [6, 6.07) is 0. The average molecular weight is 339 g/mol. The molecule has 0 saturated carbocycles. The van der Waals surface area contributed by atoms with Crippen molar-refractivity contribution in [3.8, 4) is 0 Å². The number of ether oxygens (including phenoxy) is 1. The van der Waals surface area contributed by atoms with Gasteiger partial charge in [0.05, 0.1) is 25.6 Å². The van der Waals surface area contributed by atoms with Crippen molar-refractivity contribution in [1.82, 2.24) is 19.5 Å². The lowest BCUT2D eigenvalue weighted by molar-refractivity contribution is -0.118. The molecule has 132 valence electrons. The summed E-state index contributed by atoms with van der Waals surface area (Å²) in [4.78, 5) is 34.4. The van der Waals surface area contributed by atoms with Crippen molar-refractivity contribution in [3.63, 3.8) is 0 Å². The zero-order chi connectivity index (χ0) is 17.9. The van der Waals surface area contributed by atoms with Crippen LogP contribution in [0.5, 0.6) is 0 Å². The fourth-order valence-electron chi connectivity index (χ4n) is 1.96. The number of rotatable bonds is 7. The van der Waals surface area contributed by atoms with E-state index in [0.29, 0.717) is 0 Å². The van der Waals surface area contributed by atoms with Crippen LogP contribution in [0.1, 0.15) is 27.0 Å². The Morgan fingerprint density at radius 1 is 1.38 bits per heavy atom. The lowest BCUT2D eigenvalue weighted by Gasteiger charge is -2.20. The lowest BCUT2D eigenvalue weighted by atomic mass is 10.2. The minimum Gasteiger partial charge on any atom is -0.394 e. The second kappa shape index (κ2) is 7.51. The highest BCUT2D eigenvalue weighted by molar-refractivity contribution is 5.91. The fraction of sp³-hybridized carbons (Fsp3) is 0.571. The van der Waals surface area contributed by atoms with E-state index in [9.17, 15) is 14.7 Å². The summed E-state index contributed by atoms with van der Waals surface area (Å²) in [6.45, 7) is 4.42. The number of aromatic nitrogens is 4. The molecule has 2 heterocycles. The van der Waals surface area contributed by atoms with Crippen molar-refractivity contribution >= 4 is 23.0 Å². The minimum absolute atomic E-state index is 0.0140. The third-order valence-electron chi connectivity index (χ3n) is 3.31. The van der Waals surface area contributed by atoms with Gasteiger partial charge in [-0.25, -0.2) is 4.98 Å². The molecule has 2 unspecified atom stereocenters. The van der Waals surface area contributed by atoms with Crippen LogP contribution in [0, 0.1) is 5.92 Å². The van der Waals surface area contributed by atoms with E-state index < -0.39 is 24.5 Å². The van der Waals surface area contributed by atoms with E-state index >= 15 is 0 Å². The molecule has 2 aromatic heterocycles. The van der Waals surface area contributed by atoms with Crippen LogP contribution in [0.3, 0.4) is 0 Å². The molecule has 1 amide bonds. The van der Waals surface area contributed by atoms with Crippen LogP contribution < -0.4 is 10.9 Å². The number of carbonyl (C=O) groups excluding carboxylic acids is 1. The molecule has 2 atom stereocenters. The molecule has 0 radical (unpaired) electrons. The zero-order valence-electron chi connectivity index (χ0n) is 13.7. The molecule has 0 bridgehead atoms. The molecular formula is C14H21N5O5. The van der Waals surface area contributed by atoms with Crippen LogP contribution in [0.15, 0.2) is 11.1 Å². The van der Waals surface area contributed by atoms with E-state index in [2.05, 4.69) is 20.3 Å². The molecule has 24 heavy (non-hydrogen) atoms. The monoisotopic (exact) mass is 339 g/mol. The number of carbonyl (C=O) groups is 1. The number of imidazole rings is 1. The molecule has 0 spiro atoms. The van der Waals surface area contributed by atoms with Gasteiger partial charge in [-0.2, -0.15) is 4.98 Å². The number of amides is 1. The van der Waals surface area contributed by atoms with Gasteiger partial charge in [-0.1, -0.05) is 13.8 Å². The number of nitrogens with one attached hydrogen (secondary N) is 2. The van der Waals surface area contributed by atoms with E-state index in [-0.39, 0.29) is 35.5 Å². The van der Waals surface area contributed by atoms with Crippen LogP contribution in [0.2, 0.25) is 0 Å². The molecule has 2 aromatic rings. The first-order valence-electron chi connectivity index (χ1n) is 7.52. The summed E-state index contributed by atoms with van der Waals surface area (Å²) < 4.78 is 6.86. The molecular weight excluding hydrogens is 318 g/mol. The van der Waals surface area contributed by atoms with Gasteiger partial charge < -0.3 is 14.9 Å². The summed E-state index contributed by atoms with van der Waals surface area (Å²) in [5.41, 5.74) is -0.317. The van der Waals surface area contributed by atoms with Gasteiger partial charge in [0.15, 0.2) is 17.4 Å². The van der Waals surface area contributed by atoms with Gasteiger partial charge in [0, 0.05) is 5.92 Å². The molecule has 4 N–H and O–H groups in total. The van der Waals surface area contributed by atoms with E-state index in [0.717, 1.165) is 0 Å². The predicted octanol–water partition coefficient (Wildman–Crippen LogP) is -0.398. The molecule has 10 nitrogen and oxygen atoms in total. The minimum atomic E-state index is -0.875. The number of hydrogen-bond donors (Lipinski definition) is 4. The summed E-state index contributed by atoms with van der Waals surface area (Å²) in [7, 11) is 0. The van der Waals surface area contributed by atoms with Crippen molar-refractivity contribution in [3.05, 3.63) is 16.7 Å². The quantitative estimate of drug-likeness (QED) is 0.537. The van der Waals surface area contributed by atoms with Gasteiger partial charge in [0.2, 0.25) is 11.9 Å². The maximum atomic E-state index is 12.1.